The molecular weight excluding hydrogens is 285 g/mol. The van der Waals surface area contributed by atoms with Crippen molar-refractivity contribution in [3.8, 4) is 5.88 Å². The molecule has 2 aromatic rings. The summed E-state index contributed by atoms with van der Waals surface area (Å²) in [7, 11) is 0. The number of fused-ring (bicyclic) bond motifs is 1. The topological polar surface area (TPSA) is 72.3 Å². The summed E-state index contributed by atoms with van der Waals surface area (Å²) in [5, 5.41) is 9.16. The van der Waals surface area contributed by atoms with Gasteiger partial charge in [-0.1, -0.05) is 0 Å². The van der Waals surface area contributed by atoms with Crippen molar-refractivity contribution < 1.29 is 27.8 Å². The average molecular weight is 292 g/mol. The molecule has 1 N–H and O–H groups in total. The highest BCUT2D eigenvalue weighted by atomic mass is 32.1. The molecule has 2 rings (SSSR count). The van der Waals surface area contributed by atoms with Gasteiger partial charge in [-0.25, -0.2) is 14.8 Å². The Morgan fingerprint density at radius 1 is 1.47 bits per heavy atom. The zero-order valence-electron chi connectivity index (χ0n) is 9.48. The summed E-state index contributed by atoms with van der Waals surface area (Å²) >= 11 is 0.868. The number of aromatic carboxylic acids is 1. The molecule has 102 valence electrons. The van der Waals surface area contributed by atoms with Crippen LogP contribution in [0.1, 0.15) is 15.2 Å². The summed E-state index contributed by atoms with van der Waals surface area (Å²) in [4.78, 5) is 18.7. The molecule has 0 aromatic carbocycles. The molecule has 0 aliphatic carbocycles. The van der Waals surface area contributed by atoms with Crippen molar-refractivity contribution in [2.75, 3.05) is 6.61 Å². The van der Waals surface area contributed by atoms with Crippen LogP contribution >= 0.6 is 11.3 Å². The van der Waals surface area contributed by atoms with Crippen molar-refractivity contribution >= 4 is 27.5 Å². The molecule has 2 heterocycles. The van der Waals surface area contributed by atoms with Crippen molar-refractivity contribution in [3.05, 3.63) is 16.8 Å². The van der Waals surface area contributed by atoms with E-state index in [0.29, 0.717) is 5.56 Å². The quantitative estimate of drug-likeness (QED) is 0.941. The van der Waals surface area contributed by atoms with Gasteiger partial charge in [0.15, 0.2) is 6.61 Å². The first kappa shape index (κ1) is 13.5. The number of nitrogens with zero attached hydrogens (tertiary/aromatic N) is 2. The Labute approximate surface area is 108 Å². The average Bonchev–Trinajstić information content (AvgIpc) is 2.64. The molecule has 0 amide bonds. The SMILES string of the molecule is Cc1c(C(=O)O)sc2ncnc(OCC(F)(F)F)c12. The Morgan fingerprint density at radius 2 is 2.16 bits per heavy atom. The minimum absolute atomic E-state index is 0.00681. The van der Waals surface area contributed by atoms with Crippen molar-refractivity contribution in [1.29, 1.82) is 0 Å². The highest BCUT2D eigenvalue weighted by Gasteiger charge is 2.29. The fraction of sp³-hybridized carbons (Fsp3) is 0.300. The van der Waals surface area contributed by atoms with Gasteiger partial charge in [0.1, 0.15) is 16.0 Å². The van der Waals surface area contributed by atoms with Gasteiger partial charge in [0.05, 0.1) is 5.39 Å². The fourth-order valence-electron chi connectivity index (χ4n) is 1.50. The van der Waals surface area contributed by atoms with Gasteiger partial charge in [-0.05, 0) is 12.5 Å². The van der Waals surface area contributed by atoms with Crippen molar-refractivity contribution in [1.82, 2.24) is 9.97 Å². The molecule has 5 nitrogen and oxygen atoms in total. The zero-order chi connectivity index (χ0) is 14.2. The maximum absolute atomic E-state index is 12.1. The second-order valence-electron chi connectivity index (χ2n) is 3.62. The first-order chi connectivity index (χ1) is 8.79. The molecule has 2 aromatic heterocycles. The summed E-state index contributed by atoms with van der Waals surface area (Å²) in [5.74, 6) is -1.43. The second-order valence-corrected chi connectivity index (χ2v) is 4.62. The first-order valence-electron chi connectivity index (χ1n) is 4.96. The van der Waals surface area contributed by atoms with Crippen LogP contribution in [0.2, 0.25) is 0 Å². The molecule has 0 radical (unpaired) electrons. The fourth-order valence-corrected chi connectivity index (χ4v) is 2.48. The predicted octanol–water partition coefficient (Wildman–Crippen LogP) is 2.64. The summed E-state index contributed by atoms with van der Waals surface area (Å²) < 4.78 is 40.9. The monoisotopic (exact) mass is 292 g/mol. The summed E-state index contributed by atoms with van der Waals surface area (Å²) in [6, 6.07) is 0. The van der Waals surface area contributed by atoms with E-state index in [1.165, 1.54) is 6.92 Å². The third-order valence-corrected chi connectivity index (χ3v) is 3.45. The summed E-state index contributed by atoms with van der Waals surface area (Å²) in [6.45, 7) is -0.0110. The minimum Gasteiger partial charge on any atom is -0.477 e. The molecule has 0 aliphatic heterocycles. The van der Waals surface area contributed by atoms with Crippen LogP contribution in [0.25, 0.3) is 10.2 Å². The van der Waals surface area contributed by atoms with E-state index in [1.807, 2.05) is 0 Å². The highest BCUT2D eigenvalue weighted by Crippen LogP contribution is 2.34. The number of carboxylic acids is 1. The minimum atomic E-state index is -4.49. The molecule has 0 aliphatic rings. The largest absolute Gasteiger partial charge is 0.477 e. The van der Waals surface area contributed by atoms with Crippen LogP contribution in [-0.4, -0.2) is 33.8 Å². The second kappa shape index (κ2) is 4.65. The number of hydrogen-bond donors (Lipinski definition) is 1. The van der Waals surface area contributed by atoms with E-state index >= 15 is 0 Å². The number of rotatable bonds is 3. The van der Waals surface area contributed by atoms with Gasteiger partial charge >= 0.3 is 12.1 Å². The lowest BCUT2D eigenvalue weighted by atomic mass is 10.2. The molecular formula is C10H7F3N2O3S. The Hall–Kier alpha value is -1.90. The third-order valence-electron chi connectivity index (χ3n) is 2.26. The van der Waals surface area contributed by atoms with Crippen LogP contribution in [0.5, 0.6) is 5.88 Å². The number of hydrogen-bond acceptors (Lipinski definition) is 5. The Balaban J connectivity index is 2.47. The van der Waals surface area contributed by atoms with Crippen LogP contribution in [-0.2, 0) is 0 Å². The predicted molar refractivity (Wildman–Crippen MR) is 60.7 cm³/mol. The lowest BCUT2D eigenvalue weighted by molar-refractivity contribution is -0.153. The van der Waals surface area contributed by atoms with Crippen LogP contribution in [0, 0.1) is 6.92 Å². The molecule has 0 spiro atoms. The number of halogens is 3. The lowest BCUT2D eigenvalue weighted by Crippen LogP contribution is -2.19. The number of ether oxygens (including phenoxy) is 1. The number of carbonyl (C=O) groups is 1. The van der Waals surface area contributed by atoms with E-state index in [0.717, 1.165) is 17.7 Å². The first-order valence-corrected chi connectivity index (χ1v) is 5.78. The summed E-state index contributed by atoms with van der Waals surface area (Å²) in [6.07, 6.45) is -3.45. The van der Waals surface area contributed by atoms with Gasteiger partial charge in [-0.2, -0.15) is 13.2 Å². The third kappa shape index (κ3) is 2.75. The van der Waals surface area contributed by atoms with E-state index in [9.17, 15) is 18.0 Å². The number of aromatic nitrogens is 2. The van der Waals surface area contributed by atoms with Gasteiger partial charge in [0, 0.05) is 0 Å². The van der Waals surface area contributed by atoms with E-state index in [2.05, 4.69) is 14.7 Å². The van der Waals surface area contributed by atoms with Gasteiger partial charge < -0.3 is 9.84 Å². The Bertz CT molecular complexity index is 639. The standard InChI is InChI=1S/C10H7F3N2O3S/c1-4-5-7(18-2-10(11,12)13)14-3-15-8(5)19-6(4)9(16)17/h3H,2H2,1H3,(H,16,17). The van der Waals surface area contributed by atoms with E-state index in [-0.39, 0.29) is 21.0 Å². The van der Waals surface area contributed by atoms with E-state index in [1.54, 1.807) is 0 Å². The number of thiophene rings is 1. The number of aryl methyl sites for hydroxylation is 1. The van der Waals surface area contributed by atoms with E-state index < -0.39 is 18.8 Å². The highest BCUT2D eigenvalue weighted by molar-refractivity contribution is 7.20. The molecule has 0 saturated heterocycles. The molecule has 0 fully saturated rings. The Morgan fingerprint density at radius 3 is 2.74 bits per heavy atom. The van der Waals surface area contributed by atoms with Crippen molar-refractivity contribution in [2.45, 2.75) is 13.1 Å². The van der Waals surface area contributed by atoms with Crippen LogP contribution in [0.4, 0.5) is 13.2 Å². The molecule has 0 saturated carbocycles. The van der Waals surface area contributed by atoms with Crippen molar-refractivity contribution in [3.63, 3.8) is 0 Å². The molecule has 0 unspecified atom stereocenters. The smallest absolute Gasteiger partial charge is 0.422 e. The van der Waals surface area contributed by atoms with E-state index in [4.69, 9.17) is 5.11 Å². The maximum atomic E-state index is 12.1. The van der Waals surface area contributed by atoms with Gasteiger partial charge in [0.2, 0.25) is 5.88 Å². The van der Waals surface area contributed by atoms with Crippen molar-refractivity contribution in [2.24, 2.45) is 0 Å². The van der Waals surface area contributed by atoms with Gasteiger partial charge in [-0.3, -0.25) is 0 Å². The van der Waals surface area contributed by atoms with Gasteiger partial charge in [-0.15, -0.1) is 11.3 Å². The number of carboxylic acid groups (broad SMARTS) is 1. The maximum Gasteiger partial charge on any atom is 0.422 e. The van der Waals surface area contributed by atoms with Crippen LogP contribution < -0.4 is 4.74 Å². The number of alkyl halides is 3. The molecule has 9 heteroatoms. The molecule has 0 atom stereocenters. The summed E-state index contributed by atoms with van der Waals surface area (Å²) in [5.41, 5.74) is 0.297. The van der Waals surface area contributed by atoms with Gasteiger partial charge in [0.25, 0.3) is 0 Å². The normalized spacial score (nSPS) is 11.8. The molecule has 0 bridgehead atoms. The van der Waals surface area contributed by atoms with Crippen LogP contribution in [0.3, 0.4) is 0 Å². The van der Waals surface area contributed by atoms with Crippen LogP contribution in [0.15, 0.2) is 6.33 Å². The molecule has 19 heavy (non-hydrogen) atoms. The lowest BCUT2D eigenvalue weighted by Gasteiger charge is -2.09. The zero-order valence-corrected chi connectivity index (χ0v) is 10.3. The Kier molecular flexibility index (Phi) is 3.31.